The van der Waals surface area contributed by atoms with Gasteiger partial charge in [-0.1, -0.05) is 67.9 Å². The molecule has 5 heteroatoms. The van der Waals surface area contributed by atoms with Gasteiger partial charge in [-0.15, -0.1) is 11.3 Å². The molecule has 3 rings (SSSR count). The van der Waals surface area contributed by atoms with Gasteiger partial charge < -0.3 is 0 Å². The van der Waals surface area contributed by atoms with E-state index in [0.717, 1.165) is 27.3 Å². The van der Waals surface area contributed by atoms with Crippen LogP contribution in [0.3, 0.4) is 0 Å². The molecule has 0 bridgehead atoms. The molecule has 0 aliphatic rings. The SMILES string of the molecule is CCCN(C(=O)c1ccc(C(C)(C)C)cc1)c1nc(-c2cccc(Br)c2)cs1. The van der Waals surface area contributed by atoms with Gasteiger partial charge >= 0.3 is 0 Å². The summed E-state index contributed by atoms with van der Waals surface area (Å²) in [6, 6.07) is 16.0. The van der Waals surface area contributed by atoms with Crippen molar-refractivity contribution in [3.63, 3.8) is 0 Å². The lowest BCUT2D eigenvalue weighted by Gasteiger charge is -2.21. The van der Waals surface area contributed by atoms with E-state index < -0.39 is 0 Å². The number of thiazole rings is 1. The molecule has 1 heterocycles. The van der Waals surface area contributed by atoms with Crippen molar-refractivity contribution in [2.24, 2.45) is 0 Å². The van der Waals surface area contributed by atoms with Gasteiger partial charge in [-0.3, -0.25) is 9.69 Å². The van der Waals surface area contributed by atoms with E-state index in [2.05, 4.69) is 43.6 Å². The molecule has 0 N–H and O–H groups in total. The topological polar surface area (TPSA) is 33.2 Å². The van der Waals surface area contributed by atoms with Crippen LogP contribution < -0.4 is 4.90 Å². The van der Waals surface area contributed by atoms with E-state index >= 15 is 0 Å². The summed E-state index contributed by atoms with van der Waals surface area (Å²) in [7, 11) is 0. The van der Waals surface area contributed by atoms with E-state index in [9.17, 15) is 4.79 Å². The minimum atomic E-state index is -0.00236. The summed E-state index contributed by atoms with van der Waals surface area (Å²) in [5, 5.41) is 2.75. The molecule has 1 aromatic heterocycles. The van der Waals surface area contributed by atoms with Crippen LogP contribution in [0.25, 0.3) is 11.3 Å². The molecular weight excluding hydrogens is 432 g/mol. The van der Waals surface area contributed by atoms with Crippen LogP contribution in [0.5, 0.6) is 0 Å². The number of rotatable bonds is 5. The molecule has 0 aliphatic carbocycles. The van der Waals surface area contributed by atoms with Gasteiger partial charge in [0.15, 0.2) is 5.13 Å². The molecule has 0 unspecified atom stereocenters. The summed E-state index contributed by atoms with van der Waals surface area (Å²) in [6.45, 7) is 9.24. The Bertz CT molecular complexity index is 957. The first-order valence-corrected chi connectivity index (χ1v) is 11.1. The van der Waals surface area contributed by atoms with Crippen LogP contribution in [0.15, 0.2) is 58.4 Å². The zero-order chi connectivity index (χ0) is 20.3. The highest BCUT2D eigenvalue weighted by Gasteiger charge is 2.21. The summed E-state index contributed by atoms with van der Waals surface area (Å²) >= 11 is 5.01. The largest absolute Gasteiger partial charge is 0.284 e. The smallest absolute Gasteiger partial charge is 0.260 e. The summed E-state index contributed by atoms with van der Waals surface area (Å²) < 4.78 is 1.01. The second kappa shape index (κ2) is 8.58. The first-order valence-electron chi connectivity index (χ1n) is 9.43. The van der Waals surface area contributed by atoms with Crippen LogP contribution in [0, 0.1) is 0 Å². The third kappa shape index (κ3) is 4.70. The molecule has 0 saturated heterocycles. The third-order valence-corrected chi connectivity index (χ3v) is 5.89. The fourth-order valence-corrected chi connectivity index (χ4v) is 4.20. The lowest BCUT2D eigenvalue weighted by Crippen LogP contribution is -2.31. The van der Waals surface area contributed by atoms with Crippen molar-refractivity contribution in [2.75, 3.05) is 11.4 Å². The Kier molecular flexibility index (Phi) is 6.36. The molecule has 0 saturated carbocycles. The second-order valence-electron chi connectivity index (χ2n) is 7.81. The number of benzene rings is 2. The zero-order valence-electron chi connectivity index (χ0n) is 16.7. The van der Waals surface area contributed by atoms with Crippen molar-refractivity contribution < 1.29 is 4.79 Å². The highest BCUT2D eigenvalue weighted by Crippen LogP contribution is 2.30. The molecule has 2 aromatic carbocycles. The summed E-state index contributed by atoms with van der Waals surface area (Å²) in [5.74, 6) is -0.00236. The van der Waals surface area contributed by atoms with E-state index in [1.165, 1.54) is 16.9 Å². The van der Waals surface area contributed by atoms with Crippen LogP contribution in [-0.4, -0.2) is 17.4 Å². The summed E-state index contributed by atoms with van der Waals surface area (Å²) in [4.78, 5) is 19.7. The first-order chi connectivity index (χ1) is 13.3. The Balaban J connectivity index is 1.88. The van der Waals surface area contributed by atoms with Crippen molar-refractivity contribution in [1.29, 1.82) is 0 Å². The van der Waals surface area contributed by atoms with Crippen molar-refractivity contribution >= 4 is 38.3 Å². The van der Waals surface area contributed by atoms with Gasteiger partial charge in [0.05, 0.1) is 5.69 Å². The van der Waals surface area contributed by atoms with Crippen molar-refractivity contribution in [2.45, 2.75) is 39.5 Å². The maximum atomic E-state index is 13.2. The fraction of sp³-hybridized carbons (Fsp3) is 0.304. The molecule has 3 nitrogen and oxygen atoms in total. The molecule has 0 atom stereocenters. The Morgan fingerprint density at radius 3 is 2.46 bits per heavy atom. The molecule has 0 aliphatic heterocycles. The van der Waals surface area contributed by atoms with Crippen LogP contribution in [-0.2, 0) is 5.41 Å². The van der Waals surface area contributed by atoms with Crippen LogP contribution in [0.1, 0.15) is 50.0 Å². The Morgan fingerprint density at radius 2 is 1.86 bits per heavy atom. The highest BCUT2D eigenvalue weighted by atomic mass is 79.9. The standard InChI is InChI=1S/C23H25BrN2OS/c1-5-13-26(21(27)16-9-11-18(12-10-16)23(2,3)4)22-25-20(15-28-22)17-7-6-8-19(24)14-17/h6-12,14-15H,5,13H2,1-4H3. The number of halogens is 1. The lowest BCUT2D eigenvalue weighted by molar-refractivity contribution is 0.0987. The maximum absolute atomic E-state index is 13.2. The van der Waals surface area contributed by atoms with Gasteiger partial charge in [0.2, 0.25) is 0 Å². The molecule has 0 spiro atoms. The fourth-order valence-electron chi connectivity index (χ4n) is 2.94. The quantitative estimate of drug-likeness (QED) is 0.416. The summed E-state index contributed by atoms with van der Waals surface area (Å²) in [6.07, 6.45) is 0.873. The minimum absolute atomic E-state index is 0.00236. The number of hydrogen-bond acceptors (Lipinski definition) is 3. The molecule has 146 valence electrons. The van der Waals surface area contributed by atoms with E-state index in [0.29, 0.717) is 12.1 Å². The number of aromatic nitrogens is 1. The van der Waals surface area contributed by atoms with Crippen molar-refractivity contribution in [1.82, 2.24) is 4.98 Å². The van der Waals surface area contributed by atoms with E-state index in [1.807, 2.05) is 53.9 Å². The number of anilines is 1. The van der Waals surface area contributed by atoms with Gasteiger partial charge in [0.1, 0.15) is 0 Å². The Labute approximate surface area is 179 Å². The van der Waals surface area contributed by atoms with Gasteiger partial charge in [0.25, 0.3) is 5.91 Å². The summed E-state index contributed by atoms with van der Waals surface area (Å²) in [5.41, 5.74) is 3.91. The molecule has 3 aromatic rings. The average molecular weight is 457 g/mol. The van der Waals surface area contributed by atoms with Crippen molar-refractivity contribution in [3.05, 3.63) is 69.5 Å². The predicted octanol–water partition coefficient (Wildman–Crippen LogP) is 6.93. The number of hydrogen-bond donors (Lipinski definition) is 0. The Hall–Kier alpha value is -1.98. The van der Waals surface area contributed by atoms with Gasteiger partial charge in [0, 0.05) is 27.5 Å². The maximum Gasteiger partial charge on any atom is 0.260 e. The van der Waals surface area contributed by atoms with E-state index in [4.69, 9.17) is 4.98 Å². The van der Waals surface area contributed by atoms with E-state index in [-0.39, 0.29) is 11.3 Å². The minimum Gasteiger partial charge on any atom is -0.284 e. The monoisotopic (exact) mass is 456 g/mol. The van der Waals surface area contributed by atoms with E-state index in [1.54, 1.807) is 4.90 Å². The van der Waals surface area contributed by atoms with Crippen LogP contribution in [0.4, 0.5) is 5.13 Å². The second-order valence-corrected chi connectivity index (χ2v) is 9.56. The van der Waals surface area contributed by atoms with Gasteiger partial charge in [-0.05, 0) is 41.7 Å². The van der Waals surface area contributed by atoms with Crippen LogP contribution >= 0.6 is 27.3 Å². The Morgan fingerprint density at radius 1 is 1.14 bits per heavy atom. The predicted molar refractivity (Wildman–Crippen MR) is 122 cm³/mol. The highest BCUT2D eigenvalue weighted by molar-refractivity contribution is 9.10. The lowest BCUT2D eigenvalue weighted by atomic mass is 9.86. The third-order valence-electron chi connectivity index (χ3n) is 4.53. The number of carbonyl (C=O) groups excluding carboxylic acids is 1. The number of carbonyl (C=O) groups is 1. The molecule has 0 radical (unpaired) electrons. The van der Waals surface area contributed by atoms with Crippen LogP contribution in [0.2, 0.25) is 0 Å². The molecular formula is C23H25BrN2OS. The average Bonchev–Trinajstić information content (AvgIpc) is 3.15. The molecule has 28 heavy (non-hydrogen) atoms. The number of nitrogens with zero attached hydrogens (tertiary/aromatic N) is 2. The van der Waals surface area contributed by atoms with Gasteiger partial charge in [-0.25, -0.2) is 4.98 Å². The molecule has 0 fully saturated rings. The first kappa shape index (κ1) is 20.7. The molecule has 1 amide bonds. The van der Waals surface area contributed by atoms with Crippen molar-refractivity contribution in [3.8, 4) is 11.3 Å². The zero-order valence-corrected chi connectivity index (χ0v) is 19.1. The number of amides is 1. The van der Waals surface area contributed by atoms with Gasteiger partial charge in [-0.2, -0.15) is 0 Å². The normalized spacial score (nSPS) is 11.5.